The third kappa shape index (κ3) is 8.25. The molecular weight excluding hydrogens is 554 g/mol. The van der Waals surface area contributed by atoms with Gasteiger partial charge in [0.05, 0.1) is 24.8 Å². The van der Waals surface area contributed by atoms with Crippen LogP contribution in [0.4, 0.5) is 5.69 Å². The summed E-state index contributed by atoms with van der Waals surface area (Å²) in [5.41, 5.74) is 0.806. The summed E-state index contributed by atoms with van der Waals surface area (Å²) in [4.78, 5) is 28.9. The molecule has 3 aromatic rings. The smallest absolute Gasteiger partial charge is 0.264 e. The molecule has 0 heterocycles. The maximum atomic E-state index is 14.1. The highest BCUT2D eigenvalue weighted by atomic mass is 32.2. The number of sulfonamides is 1. The molecule has 0 saturated heterocycles. The molecule has 0 fully saturated rings. The van der Waals surface area contributed by atoms with Crippen molar-refractivity contribution < 1.29 is 27.5 Å². The molecule has 0 radical (unpaired) electrons. The van der Waals surface area contributed by atoms with Crippen molar-refractivity contribution in [2.45, 2.75) is 57.0 Å². The van der Waals surface area contributed by atoms with Crippen LogP contribution in [0.1, 0.15) is 39.7 Å². The molecule has 3 rings (SSSR count). The minimum atomic E-state index is -4.24. The number of hydrogen-bond donors (Lipinski definition) is 1. The maximum Gasteiger partial charge on any atom is 0.264 e. The summed E-state index contributed by atoms with van der Waals surface area (Å²) in [6.45, 7) is 7.19. The average molecular weight is 596 g/mol. The molecule has 0 aliphatic rings. The first-order valence-electron chi connectivity index (χ1n) is 13.9. The summed E-state index contributed by atoms with van der Waals surface area (Å²) in [6.07, 6.45) is 0.857. The lowest BCUT2D eigenvalue weighted by molar-refractivity contribution is -0.140. The fourth-order valence-electron chi connectivity index (χ4n) is 4.58. The van der Waals surface area contributed by atoms with Crippen LogP contribution in [0.15, 0.2) is 83.8 Å². The average Bonchev–Trinajstić information content (AvgIpc) is 2.97. The molecule has 1 atom stereocenters. The molecular formula is C32H41N3O6S. The predicted molar refractivity (Wildman–Crippen MR) is 164 cm³/mol. The van der Waals surface area contributed by atoms with Crippen LogP contribution in [0.25, 0.3) is 0 Å². The fourth-order valence-corrected chi connectivity index (χ4v) is 6.01. The van der Waals surface area contributed by atoms with Gasteiger partial charge in [0.2, 0.25) is 11.8 Å². The third-order valence-corrected chi connectivity index (χ3v) is 8.40. The lowest BCUT2D eigenvalue weighted by Crippen LogP contribution is -2.56. The van der Waals surface area contributed by atoms with E-state index < -0.39 is 34.1 Å². The molecule has 1 N–H and O–H groups in total. The SMILES string of the molecule is CC[C@H](C(=O)NC(C)(C)C)N(CCc1ccccc1)C(=O)CN(c1ccccc1)S(=O)(=O)c1ccc(OC)c(OC)c1. The number of hydrogen-bond acceptors (Lipinski definition) is 6. The lowest BCUT2D eigenvalue weighted by atomic mass is 10.1. The predicted octanol–water partition coefficient (Wildman–Crippen LogP) is 4.66. The second-order valence-electron chi connectivity index (χ2n) is 10.9. The van der Waals surface area contributed by atoms with Crippen LogP contribution < -0.4 is 19.1 Å². The quantitative estimate of drug-likeness (QED) is 0.308. The Balaban J connectivity index is 2.03. The van der Waals surface area contributed by atoms with E-state index in [1.807, 2.05) is 58.0 Å². The lowest BCUT2D eigenvalue weighted by Gasteiger charge is -2.34. The highest BCUT2D eigenvalue weighted by Crippen LogP contribution is 2.32. The minimum absolute atomic E-state index is 0.0647. The number of benzene rings is 3. The second kappa shape index (κ2) is 14.2. The molecule has 226 valence electrons. The van der Waals surface area contributed by atoms with Crippen LogP contribution in [0.2, 0.25) is 0 Å². The summed E-state index contributed by atoms with van der Waals surface area (Å²) >= 11 is 0. The molecule has 9 nitrogen and oxygen atoms in total. The number of ether oxygens (including phenoxy) is 2. The van der Waals surface area contributed by atoms with E-state index in [4.69, 9.17) is 9.47 Å². The van der Waals surface area contributed by atoms with Crippen molar-refractivity contribution in [2.24, 2.45) is 0 Å². The number of anilines is 1. The number of para-hydroxylation sites is 1. The zero-order valence-electron chi connectivity index (χ0n) is 25.2. The van der Waals surface area contributed by atoms with Crippen LogP contribution in [-0.2, 0) is 26.0 Å². The van der Waals surface area contributed by atoms with Crippen LogP contribution in [0.3, 0.4) is 0 Å². The Labute approximate surface area is 249 Å². The Bertz CT molecular complexity index is 1440. The molecule has 0 aromatic heterocycles. The van der Waals surface area contributed by atoms with Crippen molar-refractivity contribution >= 4 is 27.5 Å². The third-order valence-electron chi connectivity index (χ3n) is 6.63. The van der Waals surface area contributed by atoms with Gasteiger partial charge in [-0.15, -0.1) is 0 Å². The van der Waals surface area contributed by atoms with Crippen LogP contribution in [0.5, 0.6) is 11.5 Å². The van der Waals surface area contributed by atoms with E-state index in [-0.39, 0.29) is 23.1 Å². The summed E-state index contributed by atoms with van der Waals surface area (Å²) in [5.74, 6) is -0.163. The molecule has 42 heavy (non-hydrogen) atoms. The largest absolute Gasteiger partial charge is 0.493 e. The van der Waals surface area contributed by atoms with Crippen molar-refractivity contribution in [1.82, 2.24) is 10.2 Å². The molecule has 0 spiro atoms. The molecule has 2 amide bonds. The topological polar surface area (TPSA) is 105 Å². The monoisotopic (exact) mass is 595 g/mol. The number of methoxy groups -OCH3 is 2. The number of carbonyl (C=O) groups is 2. The van der Waals surface area contributed by atoms with Crippen LogP contribution in [0, 0.1) is 0 Å². The molecule has 3 aromatic carbocycles. The maximum absolute atomic E-state index is 14.1. The first-order valence-corrected chi connectivity index (χ1v) is 15.3. The molecule has 0 bridgehead atoms. The molecule has 0 aliphatic carbocycles. The van der Waals surface area contributed by atoms with Gasteiger partial charge in [0.15, 0.2) is 11.5 Å². The van der Waals surface area contributed by atoms with Crippen molar-refractivity contribution in [3.8, 4) is 11.5 Å². The molecule has 0 unspecified atom stereocenters. The normalized spacial score (nSPS) is 12.2. The van der Waals surface area contributed by atoms with Gasteiger partial charge in [-0.2, -0.15) is 0 Å². The number of nitrogens with zero attached hydrogens (tertiary/aromatic N) is 2. The number of rotatable bonds is 13. The summed E-state index contributed by atoms with van der Waals surface area (Å²) in [7, 11) is -1.35. The van der Waals surface area contributed by atoms with Gasteiger partial charge >= 0.3 is 0 Å². The molecule has 0 aliphatic heterocycles. The van der Waals surface area contributed by atoms with Gasteiger partial charge in [0.1, 0.15) is 12.6 Å². The van der Waals surface area contributed by atoms with Gasteiger partial charge in [-0.1, -0.05) is 55.5 Å². The van der Waals surface area contributed by atoms with Gasteiger partial charge < -0.3 is 19.7 Å². The van der Waals surface area contributed by atoms with Crippen molar-refractivity contribution in [2.75, 3.05) is 31.6 Å². The van der Waals surface area contributed by atoms with E-state index in [9.17, 15) is 18.0 Å². The van der Waals surface area contributed by atoms with Crippen LogP contribution in [-0.4, -0.2) is 64.0 Å². The Morgan fingerprint density at radius 1 is 0.881 bits per heavy atom. The van der Waals surface area contributed by atoms with E-state index >= 15 is 0 Å². The van der Waals surface area contributed by atoms with Crippen molar-refractivity contribution in [3.05, 3.63) is 84.4 Å². The van der Waals surface area contributed by atoms with E-state index in [0.29, 0.717) is 24.3 Å². The number of amides is 2. The fraction of sp³-hybridized carbons (Fsp3) is 0.375. The Morgan fingerprint density at radius 2 is 1.48 bits per heavy atom. The highest BCUT2D eigenvalue weighted by molar-refractivity contribution is 7.92. The van der Waals surface area contributed by atoms with Gasteiger partial charge in [0.25, 0.3) is 10.0 Å². The molecule has 0 saturated carbocycles. The first-order chi connectivity index (χ1) is 19.9. The zero-order valence-corrected chi connectivity index (χ0v) is 26.0. The first kappa shape index (κ1) is 32.5. The summed E-state index contributed by atoms with van der Waals surface area (Å²) in [6, 6.07) is 21.6. The van der Waals surface area contributed by atoms with Gasteiger partial charge in [-0.05, 0) is 63.4 Å². The zero-order chi connectivity index (χ0) is 30.9. The van der Waals surface area contributed by atoms with Crippen molar-refractivity contribution in [1.29, 1.82) is 0 Å². The molecule has 10 heteroatoms. The number of nitrogens with one attached hydrogen (secondary N) is 1. The van der Waals surface area contributed by atoms with E-state index in [0.717, 1.165) is 9.87 Å². The van der Waals surface area contributed by atoms with Crippen molar-refractivity contribution in [3.63, 3.8) is 0 Å². The standard InChI is InChI=1S/C32H41N3O6S/c1-7-27(31(37)33-32(2,3)4)34(21-20-24-14-10-8-11-15-24)30(36)23-35(25-16-12-9-13-17-25)42(38,39)26-18-19-28(40-5)29(22-26)41-6/h8-19,22,27H,7,20-21,23H2,1-6H3,(H,33,37)/t27-/m1/s1. The van der Waals surface area contributed by atoms with Crippen LogP contribution >= 0.6 is 0 Å². The van der Waals surface area contributed by atoms with Gasteiger partial charge in [-0.3, -0.25) is 13.9 Å². The van der Waals surface area contributed by atoms with Gasteiger partial charge in [-0.25, -0.2) is 8.42 Å². The number of carbonyl (C=O) groups excluding carboxylic acids is 2. The van der Waals surface area contributed by atoms with E-state index in [1.54, 1.807) is 30.3 Å². The Kier molecular flexibility index (Phi) is 11.0. The second-order valence-corrected chi connectivity index (χ2v) is 12.7. The highest BCUT2D eigenvalue weighted by Gasteiger charge is 2.34. The summed E-state index contributed by atoms with van der Waals surface area (Å²) < 4.78 is 39.8. The minimum Gasteiger partial charge on any atom is -0.493 e. The Morgan fingerprint density at radius 3 is 2.02 bits per heavy atom. The summed E-state index contributed by atoms with van der Waals surface area (Å²) in [5, 5.41) is 2.98. The Hall–Kier alpha value is -4.05. The van der Waals surface area contributed by atoms with E-state index in [1.165, 1.54) is 37.3 Å². The van der Waals surface area contributed by atoms with Gasteiger partial charge in [0, 0.05) is 18.2 Å². The van der Waals surface area contributed by atoms with E-state index in [2.05, 4.69) is 5.32 Å².